The summed E-state index contributed by atoms with van der Waals surface area (Å²) in [4.78, 5) is 38.1. The van der Waals surface area contributed by atoms with Crippen molar-refractivity contribution in [3.05, 3.63) is 12.2 Å². The fourth-order valence-electron chi connectivity index (χ4n) is 10.3. The van der Waals surface area contributed by atoms with Crippen LogP contribution in [0.2, 0.25) is 0 Å². The van der Waals surface area contributed by atoms with E-state index in [1.807, 2.05) is 0 Å². The Bertz CT molecular complexity index is 1130. The second-order valence-electron chi connectivity index (χ2n) is 22.7. The number of esters is 3. The number of ether oxygens (including phenoxy) is 3. The van der Waals surface area contributed by atoms with Gasteiger partial charge in [0.05, 0.1) is 0 Å². The van der Waals surface area contributed by atoms with Crippen molar-refractivity contribution in [1.82, 2.24) is 0 Å². The Morgan fingerprint density at radius 2 is 0.466 bits per heavy atom. The second kappa shape index (κ2) is 62.7. The number of carbonyl (C=O) groups excluding carboxylic acids is 3. The number of allylic oxidation sites excluding steroid dienone is 2. The average molecular weight is 1030 g/mol. The van der Waals surface area contributed by atoms with Gasteiger partial charge in [0.1, 0.15) is 13.2 Å². The molecule has 0 aromatic rings. The van der Waals surface area contributed by atoms with Crippen LogP contribution in [0, 0.1) is 0 Å². The summed E-state index contributed by atoms with van der Waals surface area (Å²) in [7, 11) is 0. The highest BCUT2D eigenvalue weighted by Crippen LogP contribution is 2.19. The van der Waals surface area contributed by atoms with Gasteiger partial charge in [0.2, 0.25) is 0 Å². The molecule has 0 heterocycles. The number of hydrogen-bond donors (Lipinski definition) is 0. The molecule has 6 nitrogen and oxygen atoms in total. The summed E-state index contributed by atoms with van der Waals surface area (Å²) in [6.45, 7) is 6.65. The van der Waals surface area contributed by atoms with E-state index >= 15 is 0 Å². The second-order valence-corrected chi connectivity index (χ2v) is 22.7. The number of carbonyl (C=O) groups is 3. The van der Waals surface area contributed by atoms with Crippen molar-refractivity contribution in [2.45, 2.75) is 386 Å². The monoisotopic (exact) mass is 1030 g/mol. The third-order valence-electron chi connectivity index (χ3n) is 15.3. The van der Waals surface area contributed by atoms with Crippen LogP contribution in [0.5, 0.6) is 0 Å². The maximum atomic E-state index is 12.8. The summed E-state index contributed by atoms with van der Waals surface area (Å²) in [6.07, 6.45) is 74.1. The molecule has 0 saturated heterocycles. The molecule has 0 rings (SSSR count). The van der Waals surface area contributed by atoms with E-state index in [9.17, 15) is 14.4 Å². The lowest BCUT2D eigenvalue weighted by molar-refractivity contribution is -0.167. The van der Waals surface area contributed by atoms with E-state index in [1.165, 1.54) is 276 Å². The minimum Gasteiger partial charge on any atom is -0.462 e. The minimum atomic E-state index is -0.768. The Kier molecular flexibility index (Phi) is 61.1. The molecule has 0 aliphatic carbocycles. The van der Waals surface area contributed by atoms with Crippen molar-refractivity contribution in [2.75, 3.05) is 13.2 Å². The lowest BCUT2D eigenvalue weighted by Gasteiger charge is -2.18. The number of unbranched alkanes of at least 4 members (excludes halogenated alkanes) is 49. The molecule has 1 atom stereocenters. The molecule has 73 heavy (non-hydrogen) atoms. The standard InChI is InChI=1S/C67H128O6/c1-4-7-10-13-16-19-22-23-24-25-26-27-28-29-30-31-32-33-34-35-36-37-38-39-40-41-42-43-46-48-51-54-57-60-66(69)72-63-64(73-67(70)61-58-55-52-49-45-21-18-15-12-9-6-3)62-71-65(68)59-56-53-50-47-44-20-17-14-11-8-5-2/h15,18,64H,4-14,16-17,19-63H2,1-3H3/b18-15-. The molecule has 0 amide bonds. The smallest absolute Gasteiger partial charge is 0.306 e. The van der Waals surface area contributed by atoms with Crippen LogP contribution in [0.1, 0.15) is 380 Å². The van der Waals surface area contributed by atoms with Crippen molar-refractivity contribution in [3.63, 3.8) is 0 Å². The Hall–Kier alpha value is -1.85. The molecule has 0 aliphatic rings. The summed E-state index contributed by atoms with van der Waals surface area (Å²) in [6, 6.07) is 0. The van der Waals surface area contributed by atoms with Crippen LogP contribution in [-0.4, -0.2) is 37.2 Å². The van der Waals surface area contributed by atoms with E-state index in [-0.39, 0.29) is 31.1 Å². The molecule has 1 unspecified atom stereocenters. The molecular formula is C67H128O6. The summed E-state index contributed by atoms with van der Waals surface area (Å²) in [5, 5.41) is 0. The quantitative estimate of drug-likeness (QED) is 0.0261. The Morgan fingerprint density at radius 1 is 0.260 bits per heavy atom. The number of hydrogen-bond acceptors (Lipinski definition) is 6. The molecule has 0 aliphatic heterocycles. The van der Waals surface area contributed by atoms with Crippen LogP contribution >= 0.6 is 0 Å². The van der Waals surface area contributed by atoms with Gasteiger partial charge in [0.25, 0.3) is 0 Å². The third kappa shape index (κ3) is 60.9. The van der Waals surface area contributed by atoms with Gasteiger partial charge < -0.3 is 14.2 Å². The van der Waals surface area contributed by atoms with Crippen molar-refractivity contribution in [1.29, 1.82) is 0 Å². The molecule has 6 heteroatoms. The lowest BCUT2D eigenvalue weighted by atomic mass is 10.0. The molecule has 0 spiro atoms. The van der Waals surface area contributed by atoms with E-state index in [0.29, 0.717) is 19.3 Å². The van der Waals surface area contributed by atoms with Crippen LogP contribution in [0.4, 0.5) is 0 Å². The van der Waals surface area contributed by atoms with Gasteiger partial charge in [-0.05, 0) is 38.5 Å². The molecule has 0 saturated carbocycles. The van der Waals surface area contributed by atoms with Gasteiger partial charge in [-0.3, -0.25) is 14.4 Å². The van der Waals surface area contributed by atoms with Gasteiger partial charge in [-0.1, -0.05) is 335 Å². The van der Waals surface area contributed by atoms with Gasteiger partial charge in [-0.25, -0.2) is 0 Å². The van der Waals surface area contributed by atoms with E-state index in [1.54, 1.807) is 0 Å². The molecular weight excluding hydrogens is 901 g/mol. The number of rotatable bonds is 62. The largest absolute Gasteiger partial charge is 0.462 e. The summed E-state index contributed by atoms with van der Waals surface area (Å²) >= 11 is 0. The summed E-state index contributed by atoms with van der Waals surface area (Å²) in [5.41, 5.74) is 0. The molecule has 0 fully saturated rings. The zero-order chi connectivity index (χ0) is 52.9. The van der Waals surface area contributed by atoms with Crippen LogP contribution < -0.4 is 0 Å². The first-order valence-corrected chi connectivity index (χ1v) is 33.2. The van der Waals surface area contributed by atoms with Gasteiger partial charge >= 0.3 is 17.9 Å². The van der Waals surface area contributed by atoms with Gasteiger partial charge in [0, 0.05) is 19.3 Å². The van der Waals surface area contributed by atoms with Gasteiger partial charge in [-0.2, -0.15) is 0 Å². The van der Waals surface area contributed by atoms with Crippen molar-refractivity contribution in [3.8, 4) is 0 Å². The molecule has 0 bridgehead atoms. The predicted molar refractivity (Wildman–Crippen MR) is 317 cm³/mol. The lowest BCUT2D eigenvalue weighted by Crippen LogP contribution is -2.30. The SMILES string of the molecule is CCCC/C=C\CCCCCCCC(=O)OC(COC(=O)CCCCCCCCCCCCC)COC(=O)CCCCCCCCCCCCCCCCCCCCCCCCCCCCCCCCCCC. The van der Waals surface area contributed by atoms with Crippen molar-refractivity contribution >= 4 is 17.9 Å². The highest BCUT2D eigenvalue weighted by atomic mass is 16.6. The first kappa shape index (κ1) is 71.2. The van der Waals surface area contributed by atoms with Crippen LogP contribution in [0.25, 0.3) is 0 Å². The maximum absolute atomic E-state index is 12.8. The van der Waals surface area contributed by atoms with E-state index in [0.717, 1.165) is 64.2 Å². The van der Waals surface area contributed by atoms with Crippen LogP contribution in [-0.2, 0) is 28.6 Å². The Balaban J connectivity index is 3.94. The van der Waals surface area contributed by atoms with Gasteiger partial charge in [-0.15, -0.1) is 0 Å². The highest BCUT2D eigenvalue weighted by molar-refractivity contribution is 5.71. The molecule has 432 valence electrons. The Morgan fingerprint density at radius 3 is 0.726 bits per heavy atom. The zero-order valence-electron chi connectivity index (χ0n) is 49.7. The fraction of sp³-hybridized carbons (Fsp3) is 0.925. The Labute approximate surface area is 456 Å². The molecule has 0 aromatic heterocycles. The van der Waals surface area contributed by atoms with Crippen LogP contribution in [0.3, 0.4) is 0 Å². The molecule has 0 aromatic carbocycles. The van der Waals surface area contributed by atoms with Crippen LogP contribution in [0.15, 0.2) is 12.2 Å². The van der Waals surface area contributed by atoms with E-state index < -0.39 is 6.10 Å². The normalized spacial score (nSPS) is 12.0. The average Bonchev–Trinajstić information content (AvgIpc) is 3.39. The van der Waals surface area contributed by atoms with E-state index in [2.05, 4.69) is 32.9 Å². The maximum Gasteiger partial charge on any atom is 0.306 e. The summed E-state index contributed by atoms with van der Waals surface area (Å²) in [5.74, 6) is -0.855. The predicted octanol–water partition coefficient (Wildman–Crippen LogP) is 22.4. The third-order valence-corrected chi connectivity index (χ3v) is 15.3. The highest BCUT2D eigenvalue weighted by Gasteiger charge is 2.19. The first-order chi connectivity index (χ1) is 36.0. The molecule has 0 radical (unpaired) electrons. The molecule has 0 N–H and O–H groups in total. The van der Waals surface area contributed by atoms with Gasteiger partial charge in [0.15, 0.2) is 6.10 Å². The zero-order valence-corrected chi connectivity index (χ0v) is 49.7. The fourth-order valence-corrected chi connectivity index (χ4v) is 10.3. The minimum absolute atomic E-state index is 0.0677. The first-order valence-electron chi connectivity index (χ1n) is 33.2. The van der Waals surface area contributed by atoms with Crippen molar-refractivity contribution < 1.29 is 28.6 Å². The topological polar surface area (TPSA) is 78.9 Å². The van der Waals surface area contributed by atoms with Crippen molar-refractivity contribution in [2.24, 2.45) is 0 Å². The van der Waals surface area contributed by atoms with E-state index in [4.69, 9.17) is 14.2 Å². The summed E-state index contributed by atoms with van der Waals surface area (Å²) < 4.78 is 16.9.